The number of anilines is 2. The number of rotatable bonds is 3. The summed E-state index contributed by atoms with van der Waals surface area (Å²) in [4.78, 5) is 15.5. The molecule has 0 radical (unpaired) electrons. The molecule has 0 aliphatic heterocycles. The first-order valence-electron chi connectivity index (χ1n) is 5.90. The first kappa shape index (κ1) is 12.0. The van der Waals surface area contributed by atoms with E-state index in [-0.39, 0.29) is 5.56 Å². The molecule has 3 aromatic rings. The van der Waals surface area contributed by atoms with Crippen molar-refractivity contribution in [3.63, 3.8) is 0 Å². The molecule has 0 saturated carbocycles. The fraction of sp³-hybridized carbons (Fsp3) is 0. The Morgan fingerprint density at radius 2 is 2.05 bits per heavy atom. The van der Waals surface area contributed by atoms with E-state index < -0.39 is 5.97 Å². The number of nitrogens with one attached hydrogen (secondary N) is 1. The van der Waals surface area contributed by atoms with E-state index in [1.165, 1.54) is 0 Å². The van der Waals surface area contributed by atoms with Gasteiger partial charge in [-0.3, -0.25) is 4.98 Å². The van der Waals surface area contributed by atoms with Crippen LogP contribution in [0, 0.1) is 0 Å². The second-order valence-electron chi connectivity index (χ2n) is 4.16. The molecule has 2 heterocycles. The van der Waals surface area contributed by atoms with Crippen LogP contribution in [0.15, 0.2) is 48.9 Å². The van der Waals surface area contributed by atoms with E-state index in [4.69, 9.17) is 5.11 Å². The molecule has 6 nitrogen and oxygen atoms in total. The normalized spacial score (nSPS) is 10.4. The monoisotopic (exact) mass is 266 g/mol. The lowest BCUT2D eigenvalue weighted by Gasteiger charge is -2.09. The minimum Gasteiger partial charge on any atom is -0.478 e. The number of carbonyl (C=O) groups is 1. The number of pyridine rings is 1. The molecule has 20 heavy (non-hydrogen) atoms. The van der Waals surface area contributed by atoms with Gasteiger partial charge in [0.25, 0.3) is 0 Å². The van der Waals surface area contributed by atoms with Crippen molar-refractivity contribution >= 4 is 28.2 Å². The second kappa shape index (κ2) is 4.93. The van der Waals surface area contributed by atoms with Crippen molar-refractivity contribution in [2.45, 2.75) is 0 Å². The zero-order chi connectivity index (χ0) is 13.9. The van der Waals surface area contributed by atoms with Crippen LogP contribution in [-0.4, -0.2) is 26.3 Å². The van der Waals surface area contributed by atoms with Gasteiger partial charge in [-0.1, -0.05) is 6.07 Å². The van der Waals surface area contributed by atoms with Crippen molar-refractivity contribution in [1.29, 1.82) is 0 Å². The minimum absolute atomic E-state index is 0.204. The molecule has 1 aromatic carbocycles. The molecule has 2 N–H and O–H groups in total. The molecule has 6 heteroatoms. The second-order valence-corrected chi connectivity index (χ2v) is 4.16. The van der Waals surface area contributed by atoms with Crippen molar-refractivity contribution < 1.29 is 9.90 Å². The quantitative estimate of drug-likeness (QED) is 0.757. The Morgan fingerprint density at radius 1 is 1.15 bits per heavy atom. The zero-order valence-electron chi connectivity index (χ0n) is 10.3. The van der Waals surface area contributed by atoms with E-state index in [0.29, 0.717) is 11.2 Å². The van der Waals surface area contributed by atoms with Crippen LogP contribution in [0.3, 0.4) is 0 Å². The van der Waals surface area contributed by atoms with Gasteiger partial charge in [-0.2, -0.15) is 10.2 Å². The predicted octanol–water partition coefficient (Wildman–Crippen LogP) is 2.47. The fourth-order valence-electron chi connectivity index (χ4n) is 1.93. The number of fused-ring (bicyclic) bond motifs is 1. The summed E-state index contributed by atoms with van der Waals surface area (Å²) in [5.41, 5.74) is 2.24. The van der Waals surface area contributed by atoms with Gasteiger partial charge in [0.1, 0.15) is 0 Å². The molecule has 3 rings (SSSR count). The Labute approximate surface area is 114 Å². The molecule has 0 saturated heterocycles. The number of hydrogen-bond donors (Lipinski definition) is 2. The summed E-state index contributed by atoms with van der Waals surface area (Å²) in [6.07, 6.45) is 4.78. The lowest BCUT2D eigenvalue weighted by molar-refractivity contribution is 0.0697. The molecule has 0 fully saturated rings. The lowest BCUT2D eigenvalue weighted by Crippen LogP contribution is -2.00. The van der Waals surface area contributed by atoms with Crippen molar-refractivity contribution in [3.8, 4) is 0 Å². The Balaban J connectivity index is 2.15. The Bertz CT molecular complexity index is 774. The topological polar surface area (TPSA) is 88.0 Å². The highest BCUT2D eigenvalue weighted by atomic mass is 16.4. The van der Waals surface area contributed by atoms with Crippen molar-refractivity contribution in [3.05, 3.63) is 54.5 Å². The molecule has 2 aromatic heterocycles. The highest BCUT2D eigenvalue weighted by Crippen LogP contribution is 2.26. The average molecular weight is 266 g/mol. The number of aromatic carboxylic acids is 1. The number of carboxylic acids is 1. The van der Waals surface area contributed by atoms with E-state index in [2.05, 4.69) is 20.5 Å². The highest BCUT2D eigenvalue weighted by molar-refractivity contribution is 6.00. The van der Waals surface area contributed by atoms with Crippen molar-refractivity contribution in [2.24, 2.45) is 0 Å². The summed E-state index contributed by atoms with van der Waals surface area (Å²) in [5, 5.41) is 20.5. The summed E-state index contributed by atoms with van der Waals surface area (Å²) in [7, 11) is 0. The van der Waals surface area contributed by atoms with E-state index in [9.17, 15) is 4.79 Å². The molecular formula is C14H10N4O2. The molecule has 0 amide bonds. The van der Waals surface area contributed by atoms with E-state index in [1.807, 2.05) is 6.07 Å². The predicted molar refractivity (Wildman–Crippen MR) is 74.0 cm³/mol. The van der Waals surface area contributed by atoms with Gasteiger partial charge >= 0.3 is 5.97 Å². The SMILES string of the molecule is O=C(O)c1cc(Nc2ccnnc2)c2ncccc2c1. The van der Waals surface area contributed by atoms with Crippen molar-refractivity contribution in [1.82, 2.24) is 15.2 Å². The van der Waals surface area contributed by atoms with Crippen LogP contribution < -0.4 is 5.32 Å². The maximum atomic E-state index is 11.2. The molecule has 0 bridgehead atoms. The largest absolute Gasteiger partial charge is 0.478 e. The van der Waals surface area contributed by atoms with E-state index >= 15 is 0 Å². The molecule has 0 aliphatic carbocycles. The Hall–Kier alpha value is -3.02. The lowest BCUT2D eigenvalue weighted by atomic mass is 10.1. The van der Waals surface area contributed by atoms with Crippen molar-refractivity contribution in [2.75, 3.05) is 5.32 Å². The first-order valence-corrected chi connectivity index (χ1v) is 5.90. The molecule has 0 atom stereocenters. The Kier molecular flexibility index (Phi) is 2.96. The van der Waals surface area contributed by atoms with Gasteiger partial charge in [0.15, 0.2) is 0 Å². The molecular weight excluding hydrogens is 256 g/mol. The number of nitrogens with zero attached hydrogens (tertiary/aromatic N) is 3. The standard InChI is InChI=1S/C14H10N4O2/c19-14(20)10-6-9-2-1-4-15-13(9)12(7-10)18-11-3-5-16-17-8-11/h1-8H,(H,16,18)(H,19,20). The van der Waals surface area contributed by atoms with Gasteiger partial charge in [-0.15, -0.1) is 0 Å². The van der Waals surface area contributed by atoms with Gasteiger partial charge in [0, 0.05) is 11.6 Å². The van der Waals surface area contributed by atoms with Gasteiger partial charge in [-0.25, -0.2) is 4.79 Å². The van der Waals surface area contributed by atoms with Crippen LogP contribution in [0.25, 0.3) is 10.9 Å². The fourth-order valence-corrected chi connectivity index (χ4v) is 1.93. The van der Waals surface area contributed by atoms with Crippen LogP contribution in [0.4, 0.5) is 11.4 Å². The third-order valence-electron chi connectivity index (χ3n) is 2.82. The third kappa shape index (κ3) is 2.26. The molecule has 0 spiro atoms. The Morgan fingerprint density at radius 3 is 2.80 bits per heavy atom. The van der Waals surface area contributed by atoms with Gasteiger partial charge in [0.2, 0.25) is 0 Å². The summed E-state index contributed by atoms with van der Waals surface area (Å²) in [6, 6.07) is 8.49. The van der Waals surface area contributed by atoms with Crippen LogP contribution >= 0.6 is 0 Å². The van der Waals surface area contributed by atoms with Crippen LogP contribution in [0.1, 0.15) is 10.4 Å². The molecule has 0 unspecified atom stereocenters. The number of benzene rings is 1. The minimum atomic E-state index is -0.980. The van der Waals surface area contributed by atoms with Crippen LogP contribution in [0.5, 0.6) is 0 Å². The summed E-state index contributed by atoms with van der Waals surface area (Å²) < 4.78 is 0. The number of hydrogen-bond acceptors (Lipinski definition) is 5. The summed E-state index contributed by atoms with van der Waals surface area (Å²) in [5.74, 6) is -0.980. The summed E-state index contributed by atoms with van der Waals surface area (Å²) in [6.45, 7) is 0. The van der Waals surface area contributed by atoms with E-state index in [0.717, 1.165) is 11.1 Å². The van der Waals surface area contributed by atoms with Gasteiger partial charge in [0.05, 0.1) is 34.8 Å². The number of aromatic nitrogens is 3. The highest BCUT2D eigenvalue weighted by Gasteiger charge is 2.10. The smallest absolute Gasteiger partial charge is 0.335 e. The maximum Gasteiger partial charge on any atom is 0.335 e. The van der Waals surface area contributed by atoms with Crippen LogP contribution in [0.2, 0.25) is 0 Å². The van der Waals surface area contributed by atoms with E-state index in [1.54, 1.807) is 42.9 Å². The molecule has 0 aliphatic rings. The van der Waals surface area contributed by atoms with Gasteiger partial charge < -0.3 is 10.4 Å². The first-order chi connectivity index (χ1) is 9.74. The summed E-state index contributed by atoms with van der Waals surface area (Å²) >= 11 is 0. The number of carboxylic acid groups (broad SMARTS) is 1. The zero-order valence-corrected chi connectivity index (χ0v) is 10.3. The average Bonchev–Trinajstić information content (AvgIpc) is 2.48. The van der Waals surface area contributed by atoms with Crippen LogP contribution in [-0.2, 0) is 0 Å². The molecule has 98 valence electrons. The third-order valence-corrected chi connectivity index (χ3v) is 2.82. The van der Waals surface area contributed by atoms with Gasteiger partial charge in [-0.05, 0) is 24.3 Å². The maximum absolute atomic E-state index is 11.2.